The van der Waals surface area contributed by atoms with E-state index in [4.69, 9.17) is 0 Å². The number of hydrogen-bond donors (Lipinski definition) is 1. The Morgan fingerprint density at radius 3 is 2.84 bits per heavy atom. The van der Waals surface area contributed by atoms with Crippen LogP contribution < -0.4 is 5.32 Å². The molecule has 108 valence electrons. The molecule has 1 unspecified atom stereocenters. The van der Waals surface area contributed by atoms with Gasteiger partial charge in [0.25, 0.3) is 0 Å². The molecular formula is C15H28N4. The lowest BCUT2D eigenvalue weighted by molar-refractivity contribution is 0.199. The van der Waals surface area contributed by atoms with Crippen molar-refractivity contribution in [3.8, 4) is 0 Å². The maximum atomic E-state index is 4.62. The Balaban J connectivity index is 2.07. The van der Waals surface area contributed by atoms with Crippen molar-refractivity contribution in [3.63, 3.8) is 0 Å². The van der Waals surface area contributed by atoms with E-state index in [1.165, 1.54) is 30.6 Å². The van der Waals surface area contributed by atoms with Gasteiger partial charge >= 0.3 is 0 Å². The molecular weight excluding hydrogens is 236 g/mol. The zero-order valence-electron chi connectivity index (χ0n) is 12.8. The fourth-order valence-electron chi connectivity index (χ4n) is 2.79. The fraction of sp³-hybridized carbons (Fsp3) is 0.800. The SMILES string of the molecule is CCCN(Cc1cn(C(C)C)nc1C)C1CCNC1. The van der Waals surface area contributed by atoms with E-state index in [1.54, 1.807) is 0 Å². The number of rotatable bonds is 6. The van der Waals surface area contributed by atoms with Crippen molar-refractivity contribution < 1.29 is 0 Å². The summed E-state index contributed by atoms with van der Waals surface area (Å²) in [4.78, 5) is 2.62. The third-order valence-corrected chi connectivity index (χ3v) is 3.98. The predicted octanol–water partition coefficient (Wildman–Crippen LogP) is 2.35. The van der Waals surface area contributed by atoms with Crippen LogP contribution in [0.15, 0.2) is 6.20 Å². The first kappa shape index (κ1) is 14.5. The summed E-state index contributed by atoms with van der Waals surface area (Å²) >= 11 is 0. The second kappa shape index (κ2) is 6.53. The average Bonchev–Trinajstić information content (AvgIpc) is 2.99. The highest BCUT2D eigenvalue weighted by atomic mass is 15.3. The molecule has 0 amide bonds. The van der Waals surface area contributed by atoms with Crippen molar-refractivity contribution in [2.75, 3.05) is 19.6 Å². The quantitative estimate of drug-likeness (QED) is 0.856. The van der Waals surface area contributed by atoms with Crippen LogP contribution in [0.2, 0.25) is 0 Å². The molecule has 0 aliphatic carbocycles. The predicted molar refractivity (Wildman–Crippen MR) is 79.3 cm³/mol. The van der Waals surface area contributed by atoms with Gasteiger partial charge in [-0.2, -0.15) is 5.10 Å². The third-order valence-electron chi connectivity index (χ3n) is 3.98. The molecule has 4 nitrogen and oxygen atoms in total. The molecule has 1 saturated heterocycles. The number of aromatic nitrogens is 2. The molecule has 0 radical (unpaired) electrons. The van der Waals surface area contributed by atoms with E-state index in [0.29, 0.717) is 12.1 Å². The highest BCUT2D eigenvalue weighted by Crippen LogP contribution is 2.17. The van der Waals surface area contributed by atoms with Gasteiger partial charge in [0, 0.05) is 36.9 Å². The molecule has 1 atom stereocenters. The first-order chi connectivity index (χ1) is 9.11. The molecule has 1 aliphatic heterocycles. The second-order valence-electron chi connectivity index (χ2n) is 5.93. The number of aryl methyl sites for hydroxylation is 1. The zero-order valence-corrected chi connectivity index (χ0v) is 12.8. The molecule has 19 heavy (non-hydrogen) atoms. The van der Waals surface area contributed by atoms with Gasteiger partial charge < -0.3 is 5.32 Å². The normalized spacial score (nSPS) is 19.8. The molecule has 1 fully saturated rings. The number of hydrogen-bond acceptors (Lipinski definition) is 3. The van der Waals surface area contributed by atoms with Gasteiger partial charge in [-0.25, -0.2) is 0 Å². The Hall–Kier alpha value is -0.870. The van der Waals surface area contributed by atoms with E-state index < -0.39 is 0 Å². The smallest absolute Gasteiger partial charge is 0.0638 e. The molecule has 0 saturated carbocycles. The van der Waals surface area contributed by atoms with Gasteiger partial charge in [-0.05, 0) is 46.7 Å². The summed E-state index contributed by atoms with van der Waals surface area (Å²) in [5, 5.41) is 8.10. The molecule has 2 rings (SSSR count). The van der Waals surface area contributed by atoms with Gasteiger partial charge in [0.05, 0.1) is 5.69 Å². The standard InChI is InChI=1S/C15H28N4/c1-5-8-18(15-6-7-16-9-15)10-14-11-19(12(2)3)17-13(14)4/h11-12,15-16H,5-10H2,1-4H3. The van der Waals surface area contributed by atoms with E-state index in [2.05, 4.69) is 53.9 Å². The van der Waals surface area contributed by atoms with Crippen LogP contribution in [0.3, 0.4) is 0 Å². The van der Waals surface area contributed by atoms with Gasteiger partial charge in [-0.3, -0.25) is 9.58 Å². The summed E-state index contributed by atoms with van der Waals surface area (Å²) in [5.41, 5.74) is 2.56. The van der Waals surface area contributed by atoms with Crippen molar-refractivity contribution in [1.82, 2.24) is 20.0 Å². The Morgan fingerprint density at radius 2 is 2.32 bits per heavy atom. The summed E-state index contributed by atoms with van der Waals surface area (Å²) in [6.45, 7) is 13.3. The first-order valence-corrected chi connectivity index (χ1v) is 7.61. The van der Waals surface area contributed by atoms with E-state index >= 15 is 0 Å². The molecule has 2 heterocycles. The van der Waals surface area contributed by atoms with Crippen molar-refractivity contribution in [2.24, 2.45) is 0 Å². The highest BCUT2D eigenvalue weighted by Gasteiger charge is 2.22. The van der Waals surface area contributed by atoms with Crippen molar-refractivity contribution in [1.29, 1.82) is 0 Å². The van der Waals surface area contributed by atoms with Gasteiger partial charge in [-0.1, -0.05) is 6.92 Å². The Morgan fingerprint density at radius 1 is 1.53 bits per heavy atom. The number of nitrogens with one attached hydrogen (secondary N) is 1. The highest BCUT2D eigenvalue weighted by molar-refractivity contribution is 5.16. The first-order valence-electron chi connectivity index (χ1n) is 7.61. The third kappa shape index (κ3) is 3.57. The van der Waals surface area contributed by atoms with Crippen LogP contribution in [0.25, 0.3) is 0 Å². The Labute approximate surface area is 117 Å². The topological polar surface area (TPSA) is 33.1 Å². The Kier molecular flexibility index (Phi) is 4.99. The maximum Gasteiger partial charge on any atom is 0.0638 e. The summed E-state index contributed by atoms with van der Waals surface area (Å²) in [5.74, 6) is 0. The van der Waals surface area contributed by atoms with Crippen molar-refractivity contribution in [3.05, 3.63) is 17.5 Å². The molecule has 1 aliphatic rings. The molecule has 1 aromatic heterocycles. The second-order valence-corrected chi connectivity index (χ2v) is 5.93. The van der Waals surface area contributed by atoms with Crippen LogP contribution in [-0.4, -0.2) is 40.4 Å². The summed E-state index contributed by atoms with van der Waals surface area (Å²) in [6.07, 6.45) is 4.72. The van der Waals surface area contributed by atoms with E-state index in [0.717, 1.165) is 19.6 Å². The van der Waals surface area contributed by atoms with E-state index in [9.17, 15) is 0 Å². The minimum atomic E-state index is 0.445. The van der Waals surface area contributed by atoms with E-state index in [-0.39, 0.29) is 0 Å². The van der Waals surface area contributed by atoms with Gasteiger partial charge in [0.2, 0.25) is 0 Å². The molecule has 1 aromatic rings. The minimum absolute atomic E-state index is 0.445. The van der Waals surface area contributed by atoms with Gasteiger partial charge in [-0.15, -0.1) is 0 Å². The van der Waals surface area contributed by atoms with Crippen LogP contribution in [0.4, 0.5) is 0 Å². The zero-order chi connectivity index (χ0) is 13.8. The van der Waals surface area contributed by atoms with Gasteiger partial charge in [0.1, 0.15) is 0 Å². The fourth-order valence-corrected chi connectivity index (χ4v) is 2.79. The van der Waals surface area contributed by atoms with Crippen LogP contribution in [0.1, 0.15) is 50.9 Å². The number of nitrogens with zero attached hydrogens (tertiary/aromatic N) is 3. The molecule has 0 aromatic carbocycles. The summed E-state index contributed by atoms with van der Waals surface area (Å²) in [7, 11) is 0. The lowest BCUT2D eigenvalue weighted by Crippen LogP contribution is -2.37. The van der Waals surface area contributed by atoms with Crippen LogP contribution >= 0.6 is 0 Å². The Bertz CT molecular complexity index is 391. The largest absolute Gasteiger partial charge is 0.315 e. The van der Waals surface area contributed by atoms with Crippen LogP contribution in [0, 0.1) is 6.92 Å². The summed E-state index contributed by atoms with van der Waals surface area (Å²) in [6, 6.07) is 1.14. The minimum Gasteiger partial charge on any atom is -0.315 e. The average molecular weight is 264 g/mol. The monoisotopic (exact) mass is 264 g/mol. The lowest BCUT2D eigenvalue weighted by Gasteiger charge is -2.27. The summed E-state index contributed by atoms with van der Waals surface area (Å²) < 4.78 is 2.09. The van der Waals surface area contributed by atoms with E-state index in [1.807, 2.05) is 0 Å². The maximum absolute atomic E-state index is 4.62. The molecule has 0 bridgehead atoms. The van der Waals surface area contributed by atoms with Crippen molar-refractivity contribution >= 4 is 0 Å². The molecule has 4 heteroatoms. The molecule has 1 N–H and O–H groups in total. The van der Waals surface area contributed by atoms with Crippen molar-refractivity contribution in [2.45, 2.75) is 59.2 Å². The molecule has 0 spiro atoms. The van der Waals surface area contributed by atoms with Crippen LogP contribution in [0.5, 0.6) is 0 Å². The van der Waals surface area contributed by atoms with Gasteiger partial charge in [0.15, 0.2) is 0 Å². The lowest BCUT2D eigenvalue weighted by atomic mass is 10.1. The van der Waals surface area contributed by atoms with Crippen LogP contribution in [-0.2, 0) is 6.54 Å².